The maximum absolute atomic E-state index is 12.0. The number of sulfonamides is 1. The third-order valence-electron chi connectivity index (χ3n) is 5.06. The highest BCUT2D eigenvalue weighted by atomic mass is 32.2. The molecule has 0 atom stereocenters. The van der Waals surface area contributed by atoms with Crippen molar-refractivity contribution in [1.29, 1.82) is 0 Å². The Labute approximate surface area is 153 Å². The van der Waals surface area contributed by atoms with E-state index in [-0.39, 0.29) is 17.7 Å². The number of pyridine rings is 1. The Morgan fingerprint density at radius 1 is 1.46 bits per heavy atom. The predicted octanol–water partition coefficient (Wildman–Crippen LogP) is 2.22. The number of unbranched alkanes of at least 4 members (excludes halogenated alkanes) is 1. The van der Waals surface area contributed by atoms with Crippen molar-refractivity contribution in [3.8, 4) is 5.75 Å². The molecule has 137 valence electrons. The molecule has 0 saturated heterocycles. The van der Waals surface area contributed by atoms with Crippen LogP contribution in [-0.2, 0) is 10.0 Å². The molecule has 2 aromatic heterocycles. The number of hydrogen-bond acceptors (Lipinski definition) is 5. The fourth-order valence-corrected chi connectivity index (χ4v) is 5.13. The van der Waals surface area contributed by atoms with Crippen molar-refractivity contribution in [2.45, 2.75) is 44.6 Å². The first-order chi connectivity index (χ1) is 12.5. The van der Waals surface area contributed by atoms with Crippen molar-refractivity contribution in [2.75, 3.05) is 5.75 Å². The Balaban J connectivity index is 1.55. The molecule has 3 heterocycles. The van der Waals surface area contributed by atoms with Crippen LogP contribution in [0.5, 0.6) is 5.75 Å². The first kappa shape index (κ1) is 17.4. The van der Waals surface area contributed by atoms with Gasteiger partial charge in [-0.3, -0.25) is 0 Å². The van der Waals surface area contributed by atoms with E-state index in [9.17, 15) is 13.6 Å². The monoisotopic (exact) mass is 374 g/mol. The van der Waals surface area contributed by atoms with E-state index in [2.05, 4.69) is 9.71 Å². The SMILES string of the molecule is CCCCS(=O)(=O)NC1CC(c2cn(O)c3ncc4c(c23)C=C[B]O4)C1. The molecule has 0 spiro atoms. The second kappa shape index (κ2) is 6.63. The van der Waals surface area contributed by atoms with Gasteiger partial charge in [-0.25, -0.2) is 18.1 Å². The second-order valence-corrected chi connectivity index (χ2v) is 8.81. The second-order valence-electron chi connectivity index (χ2n) is 6.93. The third kappa shape index (κ3) is 3.10. The van der Waals surface area contributed by atoms with E-state index in [4.69, 9.17) is 4.65 Å². The van der Waals surface area contributed by atoms with Crippen LogP contribution in [0.3, 0.4) is 0 Å². The third-order valence-corrected chi connectivity index (χ3v) is 6.58. The quantitative estimate of drug-likeness (QED) is 0.597. The van der Waals surface area contributed by atoms with Gasteiger partial charge in [0.2, 0.25) is 10.0 Å². The number of aromatic nitrogens is 2. The zero-order valence-electron chi connectivity index (χ0n) is 14.6. The number of rotatable bonds is 6. The molecular formula is C17H21BN3O4S. The van der Waals surface area contributed by atoms with Crippen LogP contribution in [0.15, 0.2) is 18.4 Å². The van der Waals surface area contributed by atoms with Crippen LogP contribution in [-0.4, -0.2) is 42.6 Å². The Hall–Kier alpha value is -2.00. The molecule has 4 rings (SSSR count). The zero-order chi connectivity index (χ0) is 18.3. The molecule has 1 aliphatic heterocycles. The van der Waals surface area contributed by atoms with E-state index in [1.54, 1.807) is 19.9 Å². The molecule has 7 nitrogen and oxygen atoms in total. The Morgan fingerprint density at radius 3 is 3.04 bits per heavy atom. The molecule has 0 unspecified atom stereocenters. The summed E-state index contributed by atoms with van der Waals surface area (Å²) in [6.07, 6.45) is 8.17. The highest BCUT2D eigenvalue weighted by Crippen LogP contribution is 2.43. The van der Waals surface area contributed by atoms with Crippen LogP contribution in [0.1, 0.15) is 49.7 Å². The molecule has 1 saturated carbocycles. The number of nitrogens with one attached hydrogen (secondary N) is 1. The first-order valence-corrected chi connectivity index (χ1v) is 10.5. The molecule has 1 aliphatic carbocycles. The molecule has 9 heteroatoms. The fourth-order valence-electron chi connectivity index (χ4n) is 3.65. The Bertz CT molecular complexity index is 964. The molecule has 1 radical (unpaired) electrons. The molecule has 0 aromatic carbocycles. The van der Waals surface area contributed by atoms with E-state index >= 15 is 0 Å². The summed E-state index contributed by atoms with van der Waals surface area (Å²) in [5.41, 5.74) is 2.36. The van der Waals surface area contributed by atoms with Crippen LogP contribution in [0.2, 0.25) is 0 Å². The summed E-state index contributed by atoms with van der Waals surface area (Å²) in [7, 11) is -1.62. The van der Waals surface area contributed by atoms with Crippen LogP contribution in [0.25, 0.3) is 17.1 Å². The van der Waals surface area contributed by atoms with Crippen molar-refractivity contribution in [1.82, 2.24) is 14.4 Å². The topological polar surface area (TPSA) is 93.5 Å². The molecule has 1 fully saturated rings. The van der Waals surface area contributed by atoms with Gasteiger partial charge >= 0.3 is 7.48 Å². The standard InChI is InChI=1S/C17H21BN3O4S/c1-2-3-6-26(23,24)20-12-7-11(8-12)14-10-21(22)17-16(14)13-4-5-18-25-15(13)9-19-17/h4-5,9-12,20,22H,2-3,6-8H2,1H3. The van der Waals surface area contributed by atoms with Crippen LogP contribution >= 0.6 is 0 Å². The summed E-state index contributed by atoms with van der Waals surface area (Å²) in [5.74, 6) is 2.82. The van der Waals surface area contributed by atoms with E-state index < -0.39 is 10.0 Å². The molecular weight excluding hydrogens is 353 g/mol. The zero-order valence-corrected chi connectivity index (χ0v) is 15.4. The summed E-state index contributed by atoms with van der Waals surface area (Å²) in [4.78, 5) is 4.29. The van der Waals surface area contributed by atoms with Crippen LogP contribution in [0.4, 0.5) is 0 Å². The van der Waals surface area contributed by atoms with Gasteiger partial charge in [-0.1, -0.05) is 25.4 Å². The summed E-state index contributed by atoms with van der Waals surface area (Å²) < 4.78 is 33.4. The maximum Gasteiger partial charge on any atom is 0.401 e. The molecule has 0 amide bonds. The van der Waals surface area contributed by atoms with Crippen molar-refractivity contribution in [3.05, 3.63) is 29.5 Å². The minimum absolute atomic E-state index is 0.0495. The van der Waals surface area contributed by atoms with Gasteiger partial charge in [-0.05, 0) is 30.7 Å². The maximum atomic E-state index is 12.0. The molecule has 2 N–H and O–H groups in total. The van der Waals surface area contributed by atoms with Crippen molar-refractivity contribution < 1.29 is 18.3 Å². The van der Waals surface area contributed by atoms with Crippen molar-refractivity contribution in [3.63, 3.8) is 0 Å². The summed E-state index contributed by atoms with van der Waals surface area (Å²) >= 11 is 0. The van der Waals surface area contributed by atoms with E-state index in [1.807, 2.05) is 19.0 Å². The Kier molecular flexibility index (Phi) is 4.44. The van der Waals surface area contributed by atoms with Gasteiger partial charge in [0.25, 0.3) is 0 Å². The van der Waals surface area contributed by atoms with E-state index in [0.29, 0.717) is 30.7 Å². The van der Waals surface area contributed by atoms with Crippen molar-refractivity contribution >= 4 is 34.6 Å². The van der Waals surface area contributed by atoms with Crippen LogP contribution < -0.4 is 9.38 Å². The summed E-state index contributed by atoms with van der Waals surface area (Å²) in [6, 6.07) is -0.0495. The highest BCUT2D eigenvalue weighted by Gasteiger charge is 2.35. The number of hydrogen-bond donors (Lipinski definition) is 2. The first-order valence-electron chi connectivity index (χ1n) is 8.88. The smallest absolute Gasteiger partial charge is 0.401 e. The molecule has 0 bridgehead atoms. The van der Waals surface area contributed by atoms with Gasteiger partial charge in [0.15, 0.2) is 5.65 Å². The van der Waals surface area contributed by atoms with Gasteiger partial charge in [0, 0.05) is 23.2 Å². The van der Waals surface area contributed by atoms with Gasteiger partial charge < -0.3 is 9.86 Å². The predicted molar refractivity (Wildman–Crippen MR) is 99.9 cm³/mol. The molecule has 2 aliphatic rings. The molecule has 2 aromatic rings. The average Bonchev–Trinajstić information content (AvgIpc) is 2.93. The largest absolute Gasteiger partial charge is 0.557 e. The highest BCUT2D eigenvalue weighted by molar-refractivity contribution is 7.89. The minimum Gasteiger partial charge on any atom is -0.557 e. The van der Waals surface area contributed by atoms with Gasteiger partial charge in [0.05, 0.1) is 11.9 Å². The average molecular weight is 374 g/mol. The normalized spacial score (nSPS) is 21.7. The van der Waals surface area contributed by atoms with Gasteiger partial charge in [-0.15, -0.1) is 0 Å². The Morgan fingerprint density at radius 2 is 2.27 bits per heavy atom. The lowest BCUT2D eigenvalue weighted by molar-refractivity contribution is 0.196. The number of fused-ring (bicyclic) bond motifs is 3. The van der Waals surface area contributed by atoms with E-state index in [1.165, 1.54) is 0 Å². The lowest BCUT2D eigenvalue weighted by atomic mass is 9.76. The van der Waals surface area contributed by atoms with Gasteiger partial charge in [0.1, 0.15) is 5.75 Å². The lowest BCUT2D eigenvalue weighted by Crippen LogP contribution is -2.44. The van der Waals surface area contributed by atoms with E-state index in [0.717, 1.165) is 27.7 Å². The number of nitrogens with zero attached hydrogens (tertiary/aromatic N) is 2. The summed E-state index contributed by atoms with van der Waals surface area (Å²) in [5, 5.41) is 11.0. The lowest BCUT2D eigenvalue weighted by Gasteiger charge is -2.35. The van der Waals surface area contributed by atoms with Crippen LogP contribution in [0, 0.1) is 0 Å². The van der Waals surface area contributed by atoms with Crippen molar-refractivity contribution in [2.24, 2.45) is 0 Å². The fraction of sp³-hybridized carbons (Fsp3) is 0.471. The van der Waals surface area contributed by atoms with Gasteiger partial charge in [-0.2, -0.15) is 4.73 Å². The minimum atomic E-state index is -3.21. The summed E-state index contributed by atoms with van der Waals surface area (Å²) in [6.45, 7) is 1.98. The molecule has 26 heavy (non-hydrogen) atoms.